The second-order valence-electron chi connectivity index (χ2n) is 3.82. The van der Waals surface area contributed by atoms with Crippen molar-refractivity contribution in [3.8, 4) is 11.3 Å². The van der Waals surface area contributed by atoms with Gasteiger partial charge in [-0.05, 0) is 18.2 Å². The van der Waals surface area contributed by atoms with Crippen molar-refractivity contribution >= 4 is 11.9 Å². The Hall–Kier alpha value is -2.42. The first-order chi connectivity index (χ1) is 8.38. The Morgan fingerprint density at radius 2 is 2.06 bits per heavy atom. The van der Waals surface area contributed by atoms with Crippen LogP contribution in [0.4, 0.5) is 0 Å². The summed E-state index contributed by atoms with van der Waals surface area (Å²) >= 11 is 0. The lowest BCUT2D eigenvalue weighted by atomic mass is 10.1. The van der Waals surface area contributed by atoms with Gasteiger partial charge in [0.25, 0.3) is 0 Å². The quantitative estimate of drug-likeness (QED) is 0.625. The second kappa shape index (κ2) is 3.87. The van der Waals surface area contributed by atoms with Crippen LogP contribution in [0, 0.1) is 0 Å². The summed E-state index contributed by atoms with van der Waals surface area (Å²) in [5, 5.41) is 0. The summed E-state index contributed by atoms with van der Waals surface area (Å²) in [7, 11) is 0. The predicted molar refractivity (Wildman–Crippen MR) is 66.0 cm³/mol. The normalized spacial score (nSPS) is 10.6. The molecule has 0 aliphatic heterocycles. The van der Waals surface area contributed by atoms with Crippen LogP contribution in [-0.2, 0) is 0 Å². The smallest absolute Gasteiger partial charge is 0.150 e. The number of hydrogen-bond donors (Lipinski definition) is 0. The SMILES string of the molecule is O=Cc1cccc(-c2cnc3ccccn23)c1. The summed E-state index contributed by atoms with van der Waals surface area (Å²) in [5.41, 5.74) is 3.56. The zero-order chi connectivity index (χ0) is 11.7. The minimum Gasteiger partial charge on any atom is -0.300 e. The van der Waals surface area contributed by atoms with E-state index in [1.165, 1.54) is 0 Å². The van der Waals surface area contributed by atoms with Crippen LogP contribution in [0.25, 0.3) is 16.9 Å². The molecule has 0 unspecified atom stereocenters. The molecular weight excluding hydrogens is 212 g/mol. The van der Waals surface area contributed by atoms with Gasteiger partial charge in [-0.25, -0.2) is 4.98 Å². The summed E-state index contributed by atoms with van der Waals surface area (Å²) in [6.07, 6.45) is 4.64. The van der Waals surface area contributed by atoms with Gasteiger partial charge < -0.3 is 0 Å². The molecule has 3 heteroatoms. The first-order valence-corrected chi connectivity index (χ1v) is 5.36. The number of nitrogens with zero attached hydrogens (tertiary/aromatic N) is 2. The zero-order valence-corrected chi connectivity index (χ0v) is 9.08. The minimum atomic E-state index is 0.674. The van der Waals surface area contributed by atoms with E-state index in [-0.39, 0.29) is 0 Å². The zero-order valence-electron chi connectivity index (χ0n) is 9.08. The molecule has 2 heterocycles. The number of benzene rings is 1. The first-order valence-electron chi connectivity index (χ1n) is 5.36. The summed E-state index contributed by atoms with van der Waals surface area (Å²) in [4.78, 5) is 15.1. The fourth-order valence-corrected chi connectivity index (χ4v) is 1.92. The lowest BCUT2D eigenvalue weighted by Crippen LogP contribution is -1.88. The van der Waals surface area contributed by atoms with Gasteiger partial charge in [-0.15, -0.1) is 0 Å². The standard InChI is InChI=1S/C14H10N2O/c17-10-11-4-3-5-12(8-11)13-9-15-14-6-1-2-7-16(13)14/h1-10H. The van der Waals surface area contributed by atoms with E-state index in [0.29, 0.717) is 5.56 Å². The van der Waals surface area contributed by atoms with E-state index in [0.717, 1.165) is 23.2 Å². The molecule has 0 spiro atoms. The number of aldehydes is 1. The van der Waals surface area contributed by atoms with Gasteiger partial charge in [-0.1, -0.05) is 24.3 Å². The highest BCUT2D eigenvalue weighted by Gasteiger charge is 2.05. The van der Waals surface area contributed by atoms with Crippen molar-refractivity contribution in [3.63, 3.8) is 0 Å². The van der Waals surface area contributed by atoms with Crippen LogP contribution in [-0.4, -0.2) is 15.7 Å². The third-order valence-corrected chi connectivity index (χ3v) is 2.74. The van der Waals surface area contributed by atoms with Crippen molar-refractivity contribution in [1.29, 1.82) is 0 Å². The van der Waals surface area contributed by atoms with Crippen molar-refractivity contribution in [2.45, 2.75) is 0 Å². The molecule has 0 fully saturated rings. The number of fused-ring (bicyclic) bond motifs is 1. The van der Waals surface area contributed by atoms with E-state index in [4.69, 9.17) is 0 Å². The maximum absolute atomic E-state index is 10.8. The Labute approximate surface area is 98.4 Å². The van der Waals surface area contributed by atoms with Gasteiger partial charge in [0.05, 0.1) is 11.9 Å². The molecule has 3 nitrogen and oxygen atoms in total. The highest BCUT2D eigenvalue weighted by atomic mass is 16.1. The summed E-state index contributed by atoms with van der Waals surface area (Å²) in [6.45, 7) is 0. The molecule has 0 N–H and O–H groups in total. The van der Waals surface area contributed by atoms with Gasteiger partial charge >= 0.3 is 0 Å². The van der Waals surface area contributed by atoms with E-state index in [1.54, 1.807) is 6.07 Å². The fraction of sp³-hybridized carbons (Fsp3) is 0. The molecular formula is C14H10N2O. The van der Waals surface area contributed by atoms with Crippen LogP contribution in [0.5, 0.6) is 0 Å². The van der Waals surface area contributed by atoms with Crippen LogP contribution in [0.1, 0.15) is 10.4 Å². The van der Waals surface area contributed by atoms with Gasteiger partial charge in [0.15, 0.2) is 0 Å². The third-order valence-electron chi connectivity index (χ3n) is 2.74. The van der Waals surface area contributed by atoms with Crippen molar-refractivity contribution in [1.82, 2.24) is 9.38 Å². The van der Waals surface area contributed by atoms with E-state index in [2.05, 4.69) is 4.98 Å². The van der Waals surface area contributed by atoms with Crippen LogP contribution in [0.15, 0.2) is 54.9 Å². The van der Waals surface area contributed by atoms with Crippen molar-refractivity contribution in [2.75, 3.05) is 0 Å². The van der Waals surface area contributed by atoms with Crippen LogP contribution < -0.4 is 0 Å². The topological polar surface area (TPSA) is 34.4 Å². The Balaban J connectivity index is 2.23. The fourth-order valence-electron chi connectivity index (χ4n) is 1.92. The molecule has 17 heavy (non-hydrogen) atoms. The van der Waals surface area contributed by atoms with Crippen molar-refractivity contribution < 1.29 is 4.79 Å². The summed E-state index contributed by atoms with van der Waals surface area (Å²) < 4.78 is 2.00. The van der Waals surface area contributed by atoms with Gasteiger partial charge in [0.2, 0.25) is 0 Å². The van der Waals surface area contributed by atoms with E-state index >= 15 is 0 Å². The molecule has 3 aromatic rings. The second-order valence-corrected chi connectivity index (χ2v) is 3.82. The van der Waals surface area contributed by atoms with Gasteiger partial charge in [-0.3, -0.25) is 9.20 Å². The molecule has 0 saturated carbocycles. The molecule has 2 aromatic heterocycles. The van der Waals surface area contributed by atoms with Crippen molar-refractivity contribution in [3.05, 3.63) is 60.4 Å². The summed E-state index contributed by atoms with van der Waals surface area (Å²) in [5.74, 6) is 0. The highest BCUT2D eigenvalue weighted by Crippen LogP contribution is 2.21. The largest absolute Gasteiger partial charge is 0.300 e. The Morgan fingerprint density at radius 1 is 1.12 bits per heavy atom. The summed E-state index contributed by atoms with van der Waals surface area (Å²) in [6, 6.07) is 13.4. The molecule has 0 bridgehead atoms. The predicted octanol–water partition coefficient (Wildman–Crippen LogP) is 2.81. The molecule has 0 aliphatic rings. The number of carbonyl (C=O) groups is 1. The molecule has 0 aliphatic carbocycles. The number of carbonyl (C=O) groups excluding carboxylic acids is 1. The van der Waals surface area contributed by atoms with Crippen LogP contribution in [0.3, 0.4) is 0 Å². The van der Waals surface area contributed by atoms with E-state index < -0.39 is 0 Å². The molecule has 0 saturated heterocycles. The van der Waals surface area contributed by atoms with E-state index in [9.17, 15) is 4.79 Å². The van der Waals surface area contributed by atoms with Gasteiger partial charge in [0.1, 0.15) is 11.9 Å². The number of pyridine rings is 1. The number of imidazole rings is 1. The average Bonchev–Trinajstić information content (AvgIpc) is 2.82. The highest BCUT2D eigenvalue weighted by molar-refractivity contribution is 5.78. The Morgan fingerprint density at radius 3 is 2.94 bits per heavy atom. The number of rotatable bonds is 2. The van der Waals surface area contributed by atoms with Crippen molar-refractivity contribution in [2.24, 2.45) is 0 Å². The monoisotopic (exact) mass is 222 g/mol. The molecule has 3 rings (SSSR count). The van der Waals surface area contributed by atoms with Gasteiger partial charge in [-0.2, -0.15) is 0 Å². The lowest BCUT2D eigenvalue weighted by Gasteiger charge is -2.02. The number of aromatic nitrogens is 2. The van der Waals surface area contributed by atoms with Crippen LogP contribution in [0.2, 0.25) is 0 Å². The lowest BCUT2D eigenvalue weighted by molar-refractivity contribution is 0.112. The molecule has 82 valence electrons. The number of hydrogen-bond acceptors (Lipinski definition) is 2. The molecule has 1 aromatic carbocycles. The van der Waals surface area contributed by atoms with Gasteiger partial charge in [0, 0.05) is 17.3 Å². The first kappa shape index (κ1) is 9.78. The van der Waals surface area contributed by atoms with E-state index in [1.807, 2.05) is 53.2 Å². The van der Waals surface area contributed by atoms with Crippen LogP contribution >= 0.6 is 0 Å². The molecule has 0 atom stereocenters. The maximum atomic E-state index is 10.8. The maximum Gasteiger partial charge on any atom is 0.150 e. The Kier molecular flexibility index (Phi) is 2.22. The Bertz CT molecular complexity index is 685. The molecule has 0 amide bonds. The third kappa shape index (κ3) is 1.61. The molecule has 0 radical (unpaired) electrons. The average molecular weight is 222 g/mol. The minimum absolute atomic E-state index is 0.674.